The summed E-state index contributed by atoms with van der Waals surface area (Å²) in [6.45, 7) is 3.68. The number of hydrogen-bond donors (Lipinski definition) is 3. The third-order valence-electron chi connectivity index (χ3n) is 8.53. The molecule has 1 amide bonds. The molecular formula is C45H40F2IN12O3-. The van der Waals surface area contributed by atoms with Crippen LogP contribution in [0.2, 0.25) is 0 Å². The Morgan fingerprint density at radius 3 is 1.54 bits per heavy atom. The zero-order valence-electron chi connectivity index (χ0n) is 35.1. The Labute approximate surface area is 375 Å². The summed E-state index contributed by atoms with van der Waals surface area (Å²) in [5, 5.41) is 11.5. The van der Waals surface area contributed by atoms with Crippen LogP contribution in [-0.2, 0) is 22.4 Å². The van der Waals surface area contributed by atoms with Crippen molar-refractivity contribution >= 4 is 23.5 Å². The Morgan fingerprint density at radius 1 is 0.619 bits per heavy atom. The number of halogens is 3. The van der Waals surface area contributed by atoms with Gasteiger partial charge >= 0.3 is 33.9 Å². The molecule has 0 aliphatic rings. The predicted octanol–water partition coefficient (Wildman–Crippen LogP) is 3.87. The average Bonchev–Trinajstić information content (AvgIpc) is 3.28. The Balaban J connectivity index is 0.000000192. The molecule has 0 bridgehead atoms. The van der Waals surface area contributed by atoms with Crippen LogP contribution in [0.25, 0.3) is 45.0 Å². The first-order chi connectivity index (χ1) is 30.9. The fourth-order valence-corrected chi connectivity index (χ4v) is 5.78. The van der Waals surface area contributed by atoms with Gasteiger partial charge in [0.25, 0.3) is 0 Å². The summed E-state index contributed by atoms with van der Waals surface area (Å²) in [6.07, 6.45) is 19.1. The molecule has 63 heavy (non-hydrogen) atoms. The Bertz CT molecular complexity index is 2760. The first-order valence-corrected chi connectivity index (χ1v) is 20.9. The Hall–Kier alpha value is -7.61. The predicted molar refractivity (Wildman–Crippen MR) is 230 cm³/mol. The van der Waals surface area contributed by atoms with Crippen LogP contribution >= 0.6 is 0 Å². The van der Waals surface area contributed by atoms with E-state index in [-0.39, 0.29) is 41.1 Å². The molecule has 8 aromatic heterocycles. The molecular weight excluding hydrogens is 921 g/mol. The number of alkyl halides is 1. The zero-order chi connectivity index (χ0) is 45.8. The fraction of sp³-hybridized carbons (Fsp3) is 0.111. The van der Waals surface area contributed by atoms with E-state index in [2.05, 4.69) is 55.2 Å². The quantitative estimate of drug-likeness (QED) is 0.106. The van der Waals surface area contributed by atoms with Crippen LogP contribution in [0.5, 0.6) is 0 Å². The van der Waals surface area contributed by atoms with Gasteiger partial charge < -0.3 is 16.2 Å². The number of nitrogens with zero attached hydrogens (tertiary/aromatic N) is 10. The molecule has 0 aliphatic heterocycles. The van der Waals surface area contributed by atoms with Gasteiger partial charge in [-0.05, 0) is 72.5 Å². The van der Waals surface area contributed by atoms with Crippen molar-refractivity contribution in [1.29, 1.82) is 0.594 Å². The second-order valence-electron chi connectivity index (χ2n) is 13.1. The number of nitrogen functional groups attached to an aromatic ring is 1. The molecule has 0 spiro atoms. The van der Waals surface area contributed by atoms with Crippen molar-refractivity contribution in [3.8, 4) is 45.0 Å². The summed E-state index contributed by atoms with van der Waals surface area (Å²) >= 11 is -0.160. The molecule has 0 aromatic carbocycles. The molecule has 0 unspecified atom stereocenters. The van der Waals surface area contributed by atoms with E-state index >= 15 is 0 Å². The first kappa shape index (κ1) is 44.9. The van der Waals surface area contributed by atoms with Gasteiger partial charge in [-0.25, -0.2) is 19.9 Å². The Morgan fingerprint density at radius 2 is 1.13 bits per heavy atom. The van der Waals surface area contributed by atoms with Crippen LogP contribution in [0.3, 0.4) is 0 Å². The number of anilines is 2. The molecule has 15 nitrogen and oxygen atoms in total. The minimum absolute atomic E-state index is 0.0706. The standard InChI is InChI=1S/C22H17FN6O.C13H11FN2O2.C9H8N4.CH4I/c1-14-8-15(11-28-22(14)16-4-5-26-19(23)10-16)9-21(30)29-20-3-2-17(12-27-20)18-13-24-6-7-25-18;1-8-4-9(5-12(17)18)7-16-13(8)10-2-3-15-11(14)6-10;10-9-2-1-7(5-13-9)8-6-11-3-4-12-8;1-2/h2-8,10-13H,9H2,1H3,(H,27,29,30);2-4,6-7H,5H2,1H3,(H,17,18);1-6H,(H2,10,13);2H,1H3/q;;;-1/i;;;2D. The van der Waals surface area contributed by atoms with Crippen molar-refractivity contribution in [3.05, 3.63) is 169 Å². The first-order valence-electron chi connectivity index (χ1n) is 19.1. The van der Waals surface area contributed by atoms with Crippen LogP contribution < -0.4 is 33.4 Å². The van der Waals surface area contributed by atoms with Crippen LogP contribution in [-0.4, -0.2) is 72.3 Å². The van der Waals surface area contributed by atoms with Gasteiger partial charge in [-0.2, -0.15) is 8.78 Å². The van der Waals surface area contributed by atoms with Gasteiger partial charge in [0.15, 0.2) is 0 Å². The van der Waals surface area contributed by atoms with Crippen molar-refractivity contribution in [3.63, 3.8) is 0 Å². The molecule has 18 heteroatoms. The molecule has 8 aromatic rings. The maximum absolute atomic E-state index is 13.4. The number of aliphatic carboxylic acids is 1. The number of nitrogens with one attached hydrogen (secondary N) is 1. The monoisotopic (exact) mass is 962 g/mol. The maximum atomic E-state index is 13.4. The van der Waals surface area contributed by atoms with Crippen molar-refractivity contribution in [2.75, 3.05) is 16.0 Å². The van der Waals surface area contributed by atoms with E-state index in [0.717, 1.165) is 33.5 Å². The van der Waals surface area contributed by atoms with Gasteiger partial charge in [-0.15, -0.1) is 0 Å². The van der Waals surface area contributed by atoms with Gasteiger partial charge in [0.1, 0.15) is 11.6 Å². The van der Waals surface area contributed by atoms with E-state index in [4.69, 9.17) is 11.4 Å². The van der Waals surface area contributed by atoms with Crippen LogP contribution in [0.15, 0.2) is 135 Å². The van der Waals surface area contributed by atoms with Crippen LogP contribution in [0.1, 0.15) is 22.3 Å². The number of carboxylic acids is 1. The van der Waals surface area contributed by atoms with Gasteiger partial charge in [0, 0.05) is 96.4 Å². The van der Waals surface area contributed by atoms with E-state index in [0.29, 0.717) is 45.4 Å². The topological polar surface area (TPSA) is 221 Å². The van der Waals surface area contributed by atoms with E-state index in [1.807, 2.05) is 37.0 Å². The van der Waals surface area contributed by atoms with Gasteiger partial charge in [0.05, 0.1) is 48.0 Å². The molecule has 0 fully saturated rings. The molecule has 0 atom stereocenters. The van der Waals surface area contributed by atoms with Gasteiger partial charge in [0.2, 0.25) is 17.8 Å². The number of rotatable bonds is 9. The molecule has 0 aliphatic carbocycles. The molecule has 0 radical (unpaired) electrons. The van der Waals surface area contributed by atoms with Gasteiger partial charge in [-0.3, -0.25) is 39.5 Å². The molecule has 320 valence electrons. The number of aromatic nitrogens is 10. The van der Waals surface area contributed by atoms with Gasteiger partial charge in [-0.1, -0.05) is 12.1 Å². The Kier molecular flexibility index (Phi) is 16.7. The average molecular weight is 963 g/mol. The summed E-state index contributed by atoms with van der Waals surface area (Å²) in [5.41, 5.74) is 14.3. The third kappa shape index (κ3) is 14.2. The summed E-state index contributed by atoms with van der Waals surface area (Å²) < 4.78 is 32.7. The van der Waals surface area contributed by atoms with E-state index in [1.165, 1.54) is 30.7 Å². The third-order valence-corrected chi connectivity index (χ3v) is 8.53. The summed E-state index contributed by atoms with van der Waals surface area (Å²) in [7, 11) is 0. The summed E-state index contributed by atoms with van der Waals surface area (Å²) in [5.74, 6) is -1.29. The van der Waals surface area contributed by atoms with Crippen molar-refractivity contribution in [2.45, 2.75) is 26.7 Å². The number of amides is 1. The summed E-state index contributed by atoms with van der Waals surface area (Å²) in [4.78, 5) is 65.1. The minimum atomic E-state index is -0.904. The second-order valence-corrected chi connectivity index (χ2v) is 13.1. The summed E-state index contributed by atoms with van der Waals surface area (Å²) in [6, 6.07) is 16.7. The molecule has 4 N–H and O–H groups in total. The zero-order valence-corrected chi connectivity index (χ0v) is 36.2. The number of aryl methyl sites for hydroxylation is 2. The fourth-order valence-electron chi connectivity index (χ4n) is 5.78. The van der Waals surface area contributed by atoms with Crippen molar-refractivity contribution in [2.24, 2.45) is 0 Å². The SMILES string of the molecule is Cc1cc(CC(=O)Nc2ccc(-c3cnccn3)cn2)cnc1-c1ccnc(F)c1.Cc1cc(CC(=O)O)cnc1-c1ccnc(F)c1.Nc1ccc(-c2cnccn2)cn1.[2H][I-]C. The van der Waals surface area contributed by atoms with E-state index < -0.39 is 17.9 Å². The van der Waals surface area contributed by atoms with Crippen LogP contribution in [0, 0.1) is 25.7 Å². The number of carbonyl (C=O) groups excluding carboxylic acids is 1. The number of carbonyl (C=O) groups is 2. The number of carboxylic acid groups (broad SMARTS) is 1. The van der Waals surface area contributed by atoms with Crippen LogP contribution in [0.4, 0.5) is 20.4 Å². The normalized spacial score (nSPS) is 10.4. The molecule has 8 heterocycles. The number of pyridine rings is 6. The number of nitrogens with two attached hydrogens (primary N) is 1. The van der Waals surface area contributed by atoms with E-state index in [9.17, 15) is 18.4 Å². The van der Waals surface area contributed by atoms with Crippen molar-refractivity contribution < 1.29 is 45.9 Å². The molecule has 0 saturated carbocycles. The van der Waals surface area contributed by atoms with E-state index in [1.54, 1.807) is 86.1 Å². The second kappa shape index (κ2) is 23.4. The molecule has 8 rings (SSSR count). The molecule has 0 saturated heterocycles. The van der Waals surface area contributed by atoms with Crippen molar-refractivity contribution in [1.82, 2.24) is 49.8 Å². The number of hydrogen-bond acceptors (Lipinski definition) is 13.